The second-order valence-electron chi connectivity index (χ2n) is 5.76. The smallest absolute Gasteiger partial charge is 0.179 e. The topological polar surface area (TPSA) is 43.7 Å². The molecule has 2 heterocycles. The molecule has 88 valence electrons. The van der Waals surface area contributed by atoms with Crippen molar-refractivity contribution in [2.75, 3.05) is 13.1 Å². The Hall–Kier alpha value is -0.190. The number of fused-ring (bicyclic) bond motifs is 1. The molecule has 0 saturated carbocycles. The first-order chi connectivity index (χ1) is 6.71. The van der Waals surface area contributed by atoms with Crippen molar-refractivity contribution in [3.05, 3.63) is 0 Å². The van der Waals surface area contributed by atoms with Crippen LogP contribution in [-0.4, -0.2) is 45.7 Å². The zero-order valence-corrected chi connectivity index (χ0v) is 9.63. The minimum Gasteiger partial charge on any atom is -0.364 e. The molecular formula is C11H20FNO2. The Morgan fingerprint density at radius 1 is 1.40 bits per heavy atom. The maximum Gasteiger partial charge on any atom is 0.179 e. The van der Waals surface area contributed by atoms with Crippen LogP contribution in [0.4, 0.5) is 4.39 Å². The molecule has 0 radical (unpaired) electrons. The van der Waals surface area contributed by atoms with Gasteiger partial charge < -0.3 is 10.2 Å². The molecule has 0 aliphatic carbocycles. The summed E-state index contributed by atoms with van der Waals surface area (Å²) in [4.78, 5) is 1.91. The molecule has 15 heavy (non-hydrogen) atoms. The van der Waals surface area contributed by atoms with Crippen molar-refractivity contribution in [3.8, 4) is 0 Å². The lowest BCUT2D eigenvalue weighted by atomic mass is 9.67. The van der Waals surface area contributed by atoms with Crippen LogP contribution in [0.25, 0.3) is 0 Å². The summed E-state index contributed by atoms with van der Waals surface area (Å²) in [6.45, 7) is 6.46. The van der Waals surface area contributed by atoms with Crippen molar-refractivity contribution in [2.45, 2.75) is 51.1 Å². The quantitative estimate of drug-likeness (QED) is 0.641. The Kier molecular flexibility index (Phi) is 2.21. The van der Waals surface area contributed by atoms with Crippen molar-refractivity contribution < 1.29 is 14.6 Å². The molecule has 2 atom stereocenters. The molecule has 3 nitrogen and oxygen atoms in total. The predicted octanol–water partition coefficient (Wildman–Crippen LogP) is 0.900. The highest BCUT2D eigenvalue weighted by molar-refractivity contribution is 5.17. The van der Waals surface area contributed by atoms with Crippen LogP contribution in [-0.2, 0) is 0 Å². The van der Waals surface area contributed by atoms with E-state index in [1.165, 1.54) is 6.92 Å². The third-order valence-electron chi connectivity index (χ3n) is 4.39. The fraction of sp³-hybridized carbons (Fsp3) is 1.00. The lowest BCUT2D eigenvalue weighted by Gasteiger charge is -2.49. The molecule has 2 fully saturated rings. The normalized spacial score (nSPS) is 40.8. The number of nitrogens with zero attached hydrogens (tertiary/aromatic N) is 1. The molecule has 0 amide bonds. The Morgan fingerprint density at radius 3 is 2.47 bits per heavy atom. The lowest BCUT2D eigenvalue weighted by Crippen LogP contribution is -2.63. The summed E-state index contributed by atoms with van der Waals surface area (Å²) in [6.07, 6.45) is 0.170. The molecule has 0 spiro atoms. The standard InChI is InChI=1S/C11H20FNO2/c1-9(2)4-5-13-7-8(12)6-11(9,13)10(3,14)15/h8,14-15H,4-7H2,1-3H3/t8?,11-/m1/s1. The van der Waals surface area contributed by atoms with Gasteiger partial charge in [-0.15, -0.1) is 0 Å². The van der Waals surface area contributed by atoms with E-state index in [9.17, 15) is 14.6 Å². The number of alkyl halides is 1. The Labute approximate surface area is 89.9 Å². The van der Waals surface area contributed by atoms with Crippen molar-refractivity contribution in [1.82, 2.24) is 4.90 Å². The molecule has 2 saturated heterocycles. The molecule has 1 unspecified atom stereocenters. The van der Waals surface area contributed by atoms with Crippen LogP contribution in [0.2, 0.25) is 0 Å². The average molecular weight is 217 g/mol. The van der Waals surface area contributed by atoms with Crippen LogP contribution < -0.4 is 0 Å². The minimum atomic E-state index is -1.84. The number of rotatable bonds is 1. The van der Waals surface area contributed by atoms with E-state index in [-0.39, 0.29) is 11.8 Å². The number of hydrogen-bond donors (Lipinski definition) is 2. The molecule has 0 aromatic carbocycles. The Morgan fingerprint density at radius 2 is 2.00 bits per heavy atom. The van der Waals surface area contributed by atoms with Crippen molar-refractivity contribution in [1.29, 1.82) is 0 Å². The maximum atomic E-state index is 13.5. The van der Waals surface area contributed by atoms with E-state index >= 15 is 0 Å². The van der Waals surface area contributed by atoms with E-state index in [0.717, 1.165) is 13.0 Å². The van der Waals surface area contributed by atoms with Gasteiger partial charge in [-0.05, 0) is 25.3 Å². The van der Waals surface area contributed by atoms with Crippen LogP contribution >= 0.6 is 0 Å². The number of hydrogen-bond acceptors (Lipinski definition) is 3. The number of halogens is 1. The van der Waals surface area contributed by atoms with Crippen LogP contribution in [0.15, 0.2) is 0 Å². The summed E-state index contributed by atoms with van der Waals surface area (Å²) in [5.74, 6) is -1.84. The summed E-state index contributed by atoms with van der Waals surface area (Å²) in [5.41, 5.74) is -1.08. The van der Waals surface area contributed by atoms with E-state index in [0.29, 0.717) is 6.54 Å². The third-order valence-corrected chi connectivity index (χ3v) is 4.39. The maximum absolute atomic E-state index is 13.5. The lowest BCUT2D eigenvalue weighted by molar-refractivity contribution is -0.245. The summed E-state index contributed by atoms with van der Waals surface area (Å²) in [5, 5.41) is 20.0. The summed E-state index contributed by atoms with van der Waals surface area (Å²) in [6, 6.07) is 0. The fourth-order valence-electron chi connectivity index (χ4n) is 3.65. The van der Waals surface area contributed by atoms with Gasteiger partial charge in [0.15, 0.2) is 5.79 Å². The van der Waals surface area contributed by atoms with Crippen molar-refractivity contribution in [2.24, 2.45) is 5.41 Å². The monoisotopic (exact) mass is 217 g/mol. The van der Waals surface area contributed by atoms with Gasteiger partial charge in [0.25, 0.3) is 0 Å². The van der Waals surface area contributed by atoms with Crippen LogP contribution in [0.5, 0.6) is 0 Å². The molecular weight excluding hydrogens is 197 g/mol. The van der Waals surface area contributed by atoms with Crippen LogP contribution in [0.1, 0.15) is 33.6 Å². The van der Waals surface area contributed by atoms with Gasteiger partial charge in [0, 0.05) is 13.0 Å². The van der Waals surface area contributed by atoms with E-state index in [1.807, 2.05) is 18.7 Å². The first-order valence-corrected chi connectivity index (χ1v) is 5.55. The van der Waals surface area contributed by atoms with E-state index in [4.69, 9.17) is 0 Å². The summed E-state index contributed by atoms with van der Waals surface area (Å²) < 4.78 is 13.5. The SMILES string of the molecule is CC(O)(O)[C@]12CC(F)CN1CCC2(C)C. The fourth-order valence-corrected chi connectivity index (χ4v) is 3.65. The van der Waals surface area contributed by atoms with E-state index < -0.39 is 17.5 Å². The third kappa shape index (κ3) is 1.28. The highest BCUT2D eigenvalue weighted by Crippen LogP contribution is 2.56. The molecule has 2 N–H and O–H groups in total. The number of aliphatic hydroxyl groups is 2. The van der Waals surface area contributed by atoms with Gasteiger partial charge in [-0.2, -0.15) is 0 Å². The molecule has 2 aliphatic rings. The first kappa shape index (κ1) is 11.3. The van der Waals surface area contributed by atoms with Gasteiger partial charge in [0.2, 0.25) is 0 Å². The molecule has 2 aliphatic heterocycles. The molecule has 2 rings (SSSR count). The van der Waals surface area contributed by atoms with Gasteiger partial charge >= 0.3 is 0 Å². The highest BCUT2D eigenvalue weighted by Gasteiger charge is 2.66. The second-order valence-corrected chi connectivity index (χ2v) is 5.76. The minimum absolute atomic E-state index is 0.226. The van der Waals surface area contributed by atoms with Gasteiger partial charge in [-0.25, -0.2) is 4.39 Å². The highest BCUT2D eigenvalue weighted by atomic mass is 19.1. The second kappa shape index (κ2) is 2.93. The Bertz CT molecular complexity index is 274. The van der Waals surface area contributed by atoms with Crippen molar-refractivity contribution in [3.63, 3.8) is 0 Å². The predicted molar refractivity (Wildman–Crippen MR) is 55.1 cm³/mol. The summed E-state index contributed by atoms with van der Waals surface area (Å²) in [7, 11) is 0. The molecule has 0 bridgehead atoms. The Balaban J connectivity index is 2.46. The average Bonchev–Trinajstić information content (AvgIpc) is 2.48. The largest absolute Gasteiger partial charge is 0.364 e. The zero-order valence-electron chi connectivity index (χ0n) is 9.63. The van der Waals surface area contributed by atoms with E-state index in [1.54, 1.807) is 0 Å². The first-order valence-electron chi connectivity index (χ1n) is 5.55. The van der Waals surface area contributed by atoms with Crippen LogP contribution in [0, 0.1) is 5.41 Å². The zero-order chi connectivity index (χ0) is 11.5. The van der Waals surface area contributed by atoms with Gasteiger partial charge in [-0.1, -0.05) is 13.8 Å². The van der Waals surface area contributed by atoms with Gasteiger partial charge in [-0.3, -0.25) is 4.90 Å². The molecule has 0 aromatic rings. The van der Waals surface area contributed by atoms with Gasteiger partial charge in [0.05, 0.1) is 5.54 Å². The van der Waals surface area contributed by atoms with Crippen molar-refractivity contribution >= 4 is 0 Å². The van der Waals surface area contributed by atoms with Crippen LogP contribution in [0.3, 0.4) is 0 Å². The molecule has 4 heteroatoms. The molecule has 0 aromatic heterocycles. The van der Waals surface area contributed by atoms with Gasteiger partial charge in [0.1, 0.15) is 6.17 Å². The van der Waals surface area contributed by atoms with E-state index in [2.05, 4.69) is 0 Å². The summed E-state index contributed by atoms with van der Waals surface area (Å²) >= 11 is 0.